The highest BCUT2D eigenvalue weighted by atomic mass is 14.1. The standard InChI is InChI=1S/C28H38/c1-5-7-9-11-13-25-15-19-27(20-16-25)23(3)24(4)28-21-17-26(18-22-28)14-12-10-8-6-2/h15-22H,3-14H2,1-2H3. The van der Waals surface area contributed by atoms with Gasteiger partial charge in [0, 0.05) is 0 Å². The average Bonchev–Trinajstić information content (AvgIpc) is 2.74. The van der Waals surface area contributed by atoms with Gasteiger partial charge in [-0.15, -0.1) is 0 Å². The molecule has 0 aliphatic heterocycles. The highest BCUT2D eigenvalue weighted by Gasteiger charge is 2.07. The Morgan fingerprint density at radius 1 is 0.536 bits per heavy atom. The smallest absolute Gasteiger partial charge is 0.0183 e. The van der Waals surface area contributed by atoms with Crippen molar-refractivity contribution >= 4 is 11.1 Å². The predicted molar refractivity (Wildman–Crippen MR) is 127 cm³/mol. The first kappa shape index (κ1) is 22.2. The van der Waals surface area contributed by atoms with E-state index in [1.165, 1.54) is 86.5 Å². The highest BCUT2D eigenvalue weighted by molar-refractivity contribution is 6.02. The van der Waals surface area contributed by atoms with Crippen molar-refractivity contribution in [1.29, 1.82) is 0 Å². The second kappa shape index (κ2) is 12.4. The maximum atomic E-state index is 4.31. The largest absolute Gasteiger partial charge is 0.0906 e. The minimum atomic E-state index is 1.02. The second-order valence-electron chi connectivity index (χ2n) is 7.97. The van der Waals surface area contributed by atoms with Crippen molar-refractivity contribution in [3.63, 3.8) is 0 Å². The molecule has 0 nitrogen and oxygen atoms in total. The molecule has 2 rings (SSSR count). The van der Waals surface area contributed by atoms with Crippen LogP contribution < -0.4 is 0 Å². The number of allylic oxidation sites excluding steroid dienone is 2. The van der Waals surface area contributed by atoms with Gasteiger partial charge in [-0.3, -0.25) is 0 Å². The molecule has 0 aliphatic carbocycles. The third-order valence-corrected chi connectivity index (χ3v) is 5.61. The van der Waals surface area contributed by atoms with Crippen LogP contribution in [0.2, 0.25) is 0 Å². The molecule has 0 heteroatoms. The molecule has 0 bridgehead atoms. The molecule has 2 aromatic carbocycles. The van der Waals surface area contributed by atoms with Crippen LogP contribution in [0.15, 0.2) is 61.7 Å². The summed E-state index contributed by atoms with van der Waals surface area (Å²) in [6.45, 7) is 13.1. The van der Waals surface area contributed by atoms with Crippen LogP contribution in [0, 0.1) is 0 Å². The Bertz CT molecular complexity index is 650. The molecule has 2 aromatic rings. The van der Waals surface area contributed by atoms with Gasteiger partial charge < -0.3 is 0 Å². The number of hydrogen-bond donors (Lipinski definition) is 0. The Kier molecular flexibility index (Phi) is 9.83. The lowest BCUT2D eigenvalue weighted by Crippen LogP contribution is -1.92. The molecule has 0 radical (unpaired) electrons. The van der Waals surface area contributed by atoms with Crippen molar-refractivity contribution in [2.24, 2.45) is 0 Å². The fourth-order valence-corrected chi connectivity index (χ4v) is 3.61. The summed E-state index contributed by atoms with van der Waals surface area (Å²) in [7, 11) is 0. The molecule has 0 heterocycles. The molecular formula is C28H38. The lowest BCUT2D eigenvalue weighted by molar-refractivity contribution is 0.667. The monoisotopic (exact) mass is 374 g/mol. The van der Waals surface area contributed by atoms with Gasteiger partial charge in [0.05, 0.1) is 0 Å². The van der Waals surface area contributed by atoms with E-state index in [4.69, 9.17) is 0 Å². The molecule has 28 heavy (non-hydrogen) atoms. The van der Waals surface area contributed by atoms with Crippen LogP contribution in [0.4, 0.5) is 0 Å². The van der Waals surface area contributed by atoms with E-state index in [1.807, 2.05) is 0 Å². The summed E-state index contributed by atoms with van der Waals surface area (Å²) in [5.41, 5.74) is 7.23. The first-order chi connectivity index (χ1) is 13.7. The fourth-order valence-electron chi connectivity index (χ4n) is 3.61. The molecule has 0 fully saturated rings. The Balaban J connectivity index is 1.90. The molecule has 0 saturated carbocycles. The second-order valence-corrected chi connectivity index (χ2v) is 7.97. The van der Waals surface area contributed by atoms with E-state index in [1.54, 1.807) is 0 Å². The maximum Gasteiger partial charge on any atom is -0.0183 e. The van der Waals surface area contributed by atoms with E-state index in [-0.39, 0.29) is 0 Å². The van der Waals surface area contributed by atoms with Gasteiger partial charge >= 0.3 is 0 Å². The molecule has 150 valence electrons. The zero-order valence-corrected chi connectivity index (χ0v) is 18.1. The van der Waals surface area contributed by atoms with Gasteiger partial charge in [-0.1, -0.05) is 114 Å². The Morgan fingerprint density at radius 2 is 0.893 bits per heavy atom. The van der Waals surface area contributed by atoms with Crippen LogP contribution in [0.3, 0.4) is 0 Å². The van der Waals surface area contributed by atoms with Crippen molar-refractivity contribution in [3.8, 4) is 0 Å². The zero-order valence-electron chi connectivity index (χ0n) is 18.1. The number of hydrogen-bond acceptors (Lipinski definition) is 0. The Morgan fingerprint density at radius 3 is 1.21 bits per heavy atom. The van der Waals surface area contributed by atoms with Crippen molar-refractivity contribution in [3.05, 3.63) is 83.9 Å². The number of aryl methyl sites for hydroxylation is 2. The van der Waals surface area contributed by atoms with Gasteiger partial charge in [0.1, 0.15) is 0 Å². The van der Waals surface area contributed by atoms with Gasteiger partial charge in [0.15, 0.2) is 0 Å². The van der Waals surface area contributed by atoms with Crippen LogP contribution in [0.5, 0.6) is 0 Å². The SMILES string of the molecule is C=C(C(=C)c1ccc(CCCCCC)cc1)c1ccc(CCCCCC)cc1. The zero-order chi connectivity index (χ0) is 20.2. The minimum Gasteiger partial charge on any atom is -0.0906 e. The minimum absolute atomic E-state index is 1.02. The van der Waals surface area contributed by atoms with Crippen molar-refractivity contribution in [2.75, 3.05) is 0 Å². The maximum absolute atomic E-state index is 4.31. The summed E-state index contributed by atoms with van der Waals surface area (Å²) in [5, 5.41) is 0. The third kappa shape index (κ3) is 7.15. The first-order valence-corrected chi connectivity index (χ1v) is 11.2. The van der Waals surface area contributed by atoms with Crippen LogP contribution in [-0.2, 0) is 12.8 Å². The molecular weight excluding hydrogens is 336 g/mol. The van der Waals surface area contributed by atoms with Crippen molar-refractivity contribution < 1.29 is 0 Å². The van der Waals surface area contributed by atoms with Crippen LogP contribution in [-0.4, -0.2) is 0 Å². The van der Waals surface area contributed by atoms with E-state index in [2.05, 4.69) is 75.5 Å². The van der Waals surface area contributed by atoms with Crippen molar-refractivity contribution in [2.45, 2.75) is 78.1 Å². The lowest BCUT2D eigenvalue weighted by atomic mass is 9.93. The quantitative estimate of drug-likeness (QED) is 0.243. The van der Waals surface area contributed by atoms with Gasteiger partial charge in [-0.2, -0.15) is 0 Å². The summed E-state index contributed by atoms with van der Waals surface area (Å²) in [5.74, 6) is 0. The predicted octanol–water partition coefficient (Wildman–Crippen LogP) is 8.66. The van der Waals surface area contributed by atoms with Gasteiger partial charge in [-0.05, 0) is 59.1 Å². The molecule has 0 spiro atoms. The summed E-state index contributed by atoms with van der Waals surface area (Å²) in [4.78, 5) is 0. The summed E-state index contributed by atoms with van der Waals surface area (Å²) in [6.07, 6.45) is 12.8. The average molecular weight is 375 g/mol. The normalized spacial score (nSPS) is 10.8. The molecule has 0 unspecified atom stereocenters. The lowest BCUT2D eigenvalue weighted by Gasteiger charge is -2.12. The first-order valence-electron chi connectivity index (χ1n) is 11.2. The Hall–Kier alpha value is -2.08. The molecule has 0 amide bonds. The third-order valence-electron chi connectivity index (χ3n) is 5.61. The van der Waals surface area contributed by atoms with Crippen LogP contribution in [0.25, 0.3) is 11.1 Å². The highest BCUT2D eigenvalue weighted by Crippen LogP contribution is 2.29. The number of unbranched alkanes of at least 4 members (excludes halogenated alkanes) is 6. The van der Waals surface area contributed by atoms with Gasteiger partial charge in [0.25, 0.3) is 0 Å². The number of rotatable bonds is 13. The molecule has 0 aliphatic rings. The van der Waals surface area contributed by atoms with Gasteiger partial charge in [-0.25, -0.2) is 0 Å². The molecule has 0 saturated heterocycles. The van der Waals surface area contributed by atoms with Gasteiger partial charge in [0.2, 0.25) is 0 Å². The van der Waals surface area contributed by atoms with E-state index in [9.17, 15) is 0 Å². The van der Waals surface area contributed by atoms with E-state index >= 15 is 0 Å². The molecule has 0 N–H and O–H groups in total. The molecule has 0 atom stereocenters. The van der Waals surface area contributed by atoms with Crippen LogP contribution in [0.1, 0.15) is 87.5 Å². The van der Waals surface area contributed by atoms with E-state index in [0.29, 0.717) is 0 Å². The topological polar surface area (TPSA) is 0 Å². The van der Waals surface area contributed by atoms with E-state index < -0.39 is 0 Å². The summed E-state index contributed by atoms with van der Waals surface area (Å²) < 4.78 is 0. The van der Waals surface area contributed by atoms with Crippen LogP contribution >= 0.6 is 0 Å². The van der Waals surface area contributed by atoms with Crippen molar-refractivity contribution in [1.82, 2.24) is 0 Å². The number of benzene rings is 2. The summed E-state index contributed by atoms with van der Waals surface area (Å²) >= 11 is 0. The molecule has 0 aromatic heterocycles. The summed E-state index contributed by atoms with van der Waals surface area (Å²) in [6, 6.07) is 17.8. The Labute approximate surface area is 173 Å². The fraction of sp³-hybridized carbons (Fsp3) is 0.429. The van der Waals surface area contributed by atoms with E-state index in [0.717, 1.165) is 11.1 Å².